The number of nitrogen functional groups attached to an aromatic ring is 1. The topological polar surface area (TPSA) is 122 Å². The summed E-state index contributed by atoms with van der Waals surface area (Å²) in [6.45, 7) is 0.488. The number of nitrogens with one attached hydrogen (secondary N) is 1. The number of hydrogen-bond acceptors (Lipinski definition) is 7. The van der Waals surface area contributed by atoms with Crippen LogP contribution in [0.2, 0.25) is 0 Å². The van der Waals surface area contributed by atoms with E-state index in [1.54, 1.807) is 55.8 Å². The van der Waals surface area contributed by atoms with Crippen LogP contribution in [0.3, 0.4) is 0 Å². The molecular weight excluding hydrogens is 455 g/mol. The number of pyridine rings is 1. The number of hydrogen-bond donors (Lipinski definition) is 3. The van der Waals surface area contributed by atoms with Crippen molar-refractivity contribution in [2.24, 2.45) is 5.73 Å². The first-order valence-corrected chi connectivity index (χ1v) is 9.26. The van der Waals surface area contributed by atoms with E-state index in [4.69, 9.17) is 25.7 Å². The van der Waals surface area contributed by atoms with Crippen molar-refractivity contribution in [3.05, 3.63) is 71.4 Å². The number of rotatable bonds is 8. The van der Waals surface area contributed by atoms with Gasteiger partial charge in [0.15, 0.2) is 11.5 Å². The minimum Gasteiger partial charge on any atom is -0.496 e. The van der Waals surface area contributed by atoms with Crippen LogP contribution in [0, 0.1) is 0 Å². The minimum absolute atomic E-state index is 0. The number of methoxy groups -OCH3 is 2. The molecule has 0 bridgehead atoms. The van der Waals surface area contributed by atoms with Gasteiger partial charge < -0.3 is 31.0 Å². The molecule has 172 valence electrons. The van der Waals surface area contributed by atoms with Gasteiger partial charge in [0, 0.05) is 30.4 Å². The van der Waals surface area contributed by atoms with Gasteiger partial charge in [0.2, 0.25) is 0 Å². The van der Waals surface area contributed by atoms with Gasteiger partial charge in [-0.1, -0.05) is 12.1 Å². The van der Waals surface area contributed by atoms with Crippen molar-refractivity contribution >= 4 is 36.5 Å². The van der Waals surface area contributed by atoms with Gasteiger partial charge in [0.25, 0.3) is 5.91 Å². The average Bonchev–Trinajstić information content (AvgIpc) is 2.78. The van der Waals surface area contributed by atoms with Gasteiger partial charge in [-0.25, -0.2) is 4.98 Å². The van der Waals surface area contributed by atoms with Crippen molar-refractivity contribution < 1.29 is 19.0 Å². The zero-order valence-electron chi connectivity index (χ0n) is 17.7. The molecule has 3 rings (SSSR count). The molecule has 0 saturated heterocycles. The largest absolute Gasteiger partial charge is 0.496 e. The normalized spacial score (nSPS) is 9.72. The third-order valence-electron chi connectivity index (χ3n) is 4.53. The van der Waals surface area contributed by atoms with Gasteiger partial charge >= 0.3 is 0 Å². The molecule has 0 aliphatic carbocycles. The standard InChI is InChI=1S/C22H24N4O4.2ClH/c1-28-17-6-3-7-18(16(17)12-23)30-20-11-14(8-9-19(20)29-2)22(27)26-13-15-5-4-10-25-21(15)24;;/h3-11H,12-13,23H2,1-2H3,(H2,24,25)(H,26,27);2*1H. The summed E-state index contributed by atoms with van der Waals surface area (Å²) in [5.74, 6) is 2.11. The van der Waals surface area contributed by atoms with E-state index >= 15 is 0 Å². The second-order valence-electron chi connectivity index (χ2n) is 6.34. The predicted molar refractivity (Wildman–Crippen MR) is 128 cm³/mol. The molecular formula is C22H26Cl2N4O4. The lowest BCUT2D eigenvalue weighted by Crippen LogP contribution is -2.23. The van der Waals surface area contributed by atoms with Crippen LogP contribution in [-0.4, -0.2) is 25.1 Å². The summed E-state index contributed by atoms with van der Waals surface area (Å²) in [6.07, 6.45) is 1.60. The number of nitrogens with zero attached hydrogens (tertiary/aromatic N) is 1. The molecule has 0 spiro atoms. The van der Waals surface area contributed by atoms with E-state index in [0.717, 1.165) is 5.56 Å². The Morgan fingerprint density at radius 3 is 2.34 bits per heavy atom. The maximum absolute atomic E-state index is 12.6. The van der Waals surface area contributed by atoms with Gasteiger partial charge in [0.1, 0.15) is 17.3 Å². The fraction of sp³-hybridized carbons (Fsp3) is 0.182. The summed E-state index contributed by atoms with van der Waals surface area (Å²) in [5, 5.41) is 2.83. The first-order chi connectivity index (χ1) is 14.6. The summed E-state index contributed by atoms with van der Waals surface area (Å²) in [4.78, 5) is 16.7. The number of aromatic nitrogens is 1. The molecule has 1 amide bonds. The minimum atomic E-state index is -0.282. The maximum Gasteiger partial charge on any atom is 0.251 e. The number of carbonyl (C=O) groups excluding carboxylic acids is 1. The number of anilines is 1. The Balaban J connectivity index is 0.00000256. The van der Waals surface area contributed by atoms with Crippen molar-refractivity contribution in [2.45, 2.75) is 13.1 Å². The van der Waals surface area contributed by atoms with Crippen molar-refractivity contribution in [1.82, 2.24) is 10.3 Å². The van der Waals surface area contributed by atoms with E-state index in [-0.39, 0.29) is 43.8 Å². The van der Waals surface area contributed by atoms with Gasteiger partial charge in [-0.05, 0) is 36.4 Å². The Kier molecular flexibility index (Phi) is 10.6. The van der Waals surface area contributed by atoms with Crippen molar-refractivity contribution in [3.63, 3.8) is 0 Å². The van der Waals surface area contributed by atoms with E-state index in [2.05, 4.69) is 10.3 Å². The Morgan fingerprint density at radius 1 is 0.969 bits per heavy atom. The average molecular weight is 481 g/mol. The molecule has 10 heteroatoms. The molecule has 0 saturated carbocycles. The smallest absolute Gasteiger partial charge is 0.251 e. The van der Waals surface area contributed by atoms with Crippen LogP contribution in [0.5, 0.6) is 23.0 Å². The van der Waals surface area contributed by atoms with Crippen LogP contribution in [0.15, 0.2) is 54.7 Å². The molecule has 1 heterocycles. The van der Waals surface area contributed by atoms with Crippen molar-refractivity contribution in [1.29, 1.82) is 0 Å². The number of benzene rings is 2. The first kappa shape index (κ1) is 26.8. The molecule has 0 atom stereocenters. The molecule has 0 unspecified atom stereocenters. The molecule has 3 aromatic rings. The molecule has 2 aromatic carbocycles. The van der Waals surface area contributed by atoms with E-state index in [1.807, 2.05) is 6.07 Å². The Hall–Kier alpha value is -3.20. The molecule has 0 aliphatic rings. The van der Waals surface area contributed by atoms with Gasteiger partial charge in [-0.2, -0.15) is 0 Å². The van der Waals surface area contributed by atoms with Crippen molar-refractivity contribution in [3.8, 4) is 23.0 Å². The zero-order valence-corrected chi connectivity index (χ0v) is 19.3. The fourth-order valence-corrected chi connectivity index (χ4v) is 2.93. The molecule has 1 aromatic heterocycles. The summed E-state index contributed by atoms with van der Waals surface area (Å²) >= 11 is 0. The number of nitrogens with two attached hydrogens (primary N) is 2. The Labute approximate surface area is 199 Å². The van der Waals surface area contributed by atoms with E-state index < -0.39 is 0 Å². The lowest BCUT2D eigenvalue weighted by molar-refractivity contribution is 0.0950. The number of ether oxygens (including phenoxy) is 3. The van der Waals surface area contributed by atoms with Crippen LogP contribution >= 0.6 is 24.8 Å². The number of amides is 1. The molecule has 0 radical (unpaired) electrons. The third-order valence-corrected chi connectivity index (χ3v) is 4.53. The van der Waals surface area contributed by atoms with Crippen LogP contribution in [-0.2, 0) is 13.1 Å². The second kappa shape index (κ2) is 12.6. The van der Waals surface area contributed by atoms with E-state index in [0.29, 0.717) is 39.9 Å². The number of carbonyl (C=O) groups is 1. The van der Waals surface area contributed by atoms with E-state index in [9.17, 15) is 4.79 Å². The van der Waals surface area contributed by atoms with Crippen LogP contribution in [0.1, 0.15) is 21.5 Å². The van der Waals surface area contributed by atoms with Gasteiger partial charge in [0.05, 0.1) is 19.8 Å². The lowest BCUT2D eigenvalue weighted by atomic mass is 10.1. The summed E-state index contributed by atoms with van der Waals surface area (Å²) in [5.41, 5.74) is 13.5. The summed E-state index contributed by atoms with van der Waals surface area (Å²) in [7, 11) is 3.10. The predicted octanol–water partition coefficient (Wildman–Crippen LogP) is 3.71. The van der Waals surface area contributed by atoms with Crippen LogP contribution in [0.25, 0.3) is 0 Å². The summed E-state index contributed by atoms with van der Waals surface area (Å²) < 4.78 is 16.8. The first-order valence-electron chi connectivity index (χ1n) is 9.26. The molecule has 0 aliphatic heterocycles. The third kappa shape index (κ3) is 6.16. The summed E-state index contributed by atoms with van der Waals surface area (Å²) in [6, 6.07) is 13.9. The van der Waals surface area contributed by atoms with Crippen LogP contribution < -0.4 is 31.0 Å². The highest BCUT2D eigenvalue weighted by Crippen LogP contribution is 2.36. The lowest BCUT2D eigenvalue weighted by Gasteiger charge is -2.16. The maximum atomic E-state index is 12.6. The highest BCUT2D eigenvalue weighted by Gasteiger charge is 2.15. The highest BCUT2D eigenvalue weighted by atomic mass is 35.5. The van der Waals surface area contributed by atoms with Gasteiger partial charge in [-0.3, -0.25) is 4.79 Å². The monoisotopic (exact) mass is 480 g/mol. The zero-order chi connectivity index (χ0) is 21.5. The molecule has 32 heavy (non-hydrogen) atoms. The molecule has 8 nitrogen and oxygen atoms in total. The Morgan fingerprint density at radius 2 is 1.69 bits per heavy atom. The van der Waals surface area contributed by atoms with E-state index in [1.165, 1.54) is 7.11 Å². The molecule has 0 fully saturated rings. The fourth-order valence-electron chi connectivity index (χ4n) is 2.93. The highest BCUT2D eigenvalue weighted by molar-refractivity contribution is 5.95. The SMILES string of the molecule is COc1ccc(C(=O)NCc2cccnc2N)cc1Oc1cccc(OC)c1CN.Cl.Cl. The van der Waals surface area contributed by atoms with Crippen molar-refractivity contribution in [2.75, 3.05) is 20.0 Å². The van der Waals surface area contributed by atoms with Gasteiger partial charge in [-0.15, -0.1) is 24.8 Å². The second-order valence-corrected chi connectivity index (χ2v) is 6.34. The quantitative estimate of drug-likeness (QED) is 0.449. The van der Waals surface area contributed by atoms with Crippen LogP contribution in [0.4, 0.5) is 5.82 Å². The number of halogens is 2. The Bertz CT molecular complexity index is 1050. The molecule has 5 N–H and O–H groups in total.